The molecule has 0 aromatic carbocycles. The largest absolute Gasteiger partial charge is 0.334 e. The Hall–Kier alpha value is -0.480. The van der Waals surface area contributed by atoms with Crippen LogP contribution >= 0.6 is 23.6 Å². The molecule has 6 heteroatoms. The van der Waals surface area contributed by atoms with Crippen molar-refractivity contribution in [3.05, 3.63) is 0 Å². The van der Waals surface area contributed by atoms with Crippen molar-refractivity contribution in [2.75, 3.05) is 13.6 Å². The summed E-state index contributed by atoms with van der Waals surface area (Å²) in [6.07, 6.45) is 0. The van der Waals surface area contributed by atoms with Crippen LogP contribution in [0.3, 0.4) is 0 Å². The number of rotatable bonds is 0. The fourth-order valence-corrected chi connectivity index (χ4v) is 1.16. The quantitative estimate of drug-likeness (QED) is 0.509. The van der Waals surface area contributed by atoms with Crippen LogP contribution in [0, 0.1) is 0 Å². The molecule has 0 N–H and O–H groups in total. The zero-order chi connectivity index (χ0) is 7.72. The first kappa shape index (κ1) is 7.63. The van der Waals surface area contributed by atoms with Gasteiger partial charge >= 0.3 is 0 Å². The number of guanidine groups is 1. The predicted molar refractivity (Wildman–Crippen MR) is 38.6 cm³/mol. The molecule has 0 spiro atoms. The van der Waals surface area contributed by atoms with Crippen LogP contribution in [-0.2, 0) is 4.79 Å². The normalized spacial score (nSPS) is 23.1. The van der Waals surface area contributed by atoms with Crippen molar-refractivity contribution in [3.63, 3.8) is 0 Å². The van der Waals surface area contributed by atoms with E-state index in [-0.39, 0.29) is 18.4 Å². The molecule has 4 nitrogen and oxygen atoms in total. The number of likely N-dealkylation sites (N-methyl/N-ethyl adjacent to an activating group) is 1. The first-order valence-electron chi connectivity index (χ1n) is 2.55. The van der Waals surface area contributed by atoms with Crippen LogP contribution in [0.1, 0.15) is 0 Å². The lowest BCUT2D eigenvalue weighted by molar-refractivity contribution is -0.122. The van der Waals surface area contributed by atoms with Crippen LogP contribution in [0.15, 0.2) is 4.51 Å². The molecule has 1 rings (SSSR count). The lowest BCUT2D eigenvalue weighted by atomic mass is 10.6. The fraction of sp³-hybridized carbons (Fsp3) is 0.500. The van der Waals surface area contributed by atoms with Crippen LogP contribution < -0.4 is 0 Å². The number of halogens is 2. The summed E-state index contributed by atoms with van der Waals surface area (Å²) in [6.45, 7) is 0.231. The van der Waals surface area contributed by atoms with Gasteiger partial charge in [0, 0.05) is 30.6 Å². The third-order valence-electron chi connectivity index (χ3n) is 1.18. The number of hydrogen-bond acceptors (Lipinski definition) is 2. The van der Waals surface area contributed by atoms with Crippen molar-refractivity contribution in [1.29, 1.82) is 0 Å². The van der Waals surface area contributed by atoms with E-state index in [1.807, 2.05) is 0 Å². The molecule has 1 aliphatic rings. The zero-order valence-electron chi connectivity index (χ0n) is 5.21. The van der Waals surface area contributed by atoms with E-state index in [1.54, 1.807) is 11.9 Å². The Balaban J connectivity index is 2.84. The first-order chi connectivity index (χ1) is 4.66. The van der Waals surface area contributed by atoms with E-state index in [4.69, 9.17) is 23.6 Å². The lowest BCUT2D eigenvalue weighted by Gasteiger charge is -2.08. The Morgan fingerprint density at radius 3 is 2.50 bits per heavy atom. The Morgan fingerprint density at radius 2 is 2.30 bits per heavy atom. The molecule has 1 aliphatic heterocycles. The maximum atomic E-state index is 10.8. The number of hydrogen-bond donors (Lipinski definition) is 0. The highest BCUT2D eigenvalue weighted by Gasteiger charge is 2.30. The van der Waals surface area contributed by atoms with Crippen LogP contribution in [0.4, 0.5) is 0 Å². The number of carbonyl (C=O) groups is 1. The summed E-state index contributed by atoms with van der Waals surface area (Å²) >= 11 is 10.6. The molecule has 56 valence electrons. The standard InChI is InChI=1S/C4H5Cl2N3O/c1-8-2-3(10)9(6)4(8)7-5/h2H2,1H3/b7-4-. The molecular formula is C4H5Cl2N3O. The van der Waals surface area contributed by atoms with Crippen molar-refractivity contribution >= 4 is 35.4 Å². The summed E-state index contributed by atoms with van der Waals surface area (Å²) in [7, 11) is 1.68. The van der Waals surface area contributed by atoms with Gasteiger partial charge in [-0.3, -0.25) is 4.79 Å². The van der Waals surface area contributed by atoms with E-state index >= 15 is 0 Å². The Bertz CT molecular complexity index is 193. The minimum atomic E-state index is -0.219. The second kappa shape index (κ2) is 2.64. The molecular weight excluding hydrogens is 177 g/mol. The van der Waals surface area contributed by atoms with Gasteiger partial charge in [-0.05, 0) is 0 Å². The molecule has 0 saturated carbocycles. The van der Waals surface area contributed by atoms with Gasteiger partial charge in [0.1, 0.15) is 6.54 Å². The molecule has 0 aliphatic carbocycles. The zero-order valence-corrected chi connectivity index (χ0v) is 6.72. The van der Waals surface area contributed by atoms with E-state index in [2.05, 4.69) is 4.51 Å². The number of carbonyl (C=O) groups excluding carboxylic acids is 1. The maximum Gasteiger partial charge on any atom is 0.263 e. The molecule has 1 fully saturated rings. The molecule has 0 aromatic heterocycles. The molecule has 1 saturated heterocycles. The average molecular weight is 182 g/mol. The highest BCUT2D eigenvalue weighted by molar-refractivity contribution is 6.35. The summed E-state index contributed by atoms with van der Waals surface area (Å²) in [5.41, 5.74) is 0. The van der Waals surface area contributed by atoms with Crippen molar-refractivity contribution in [2.24, 2.45) is 4.51 Å². The third-order valence-corrected chi connectivity index (χ3v) is 1.67. The van der Waals surface area contributed by atoms with Gasteiger partial charge in [0.05, 0.1) is 0 Å². The monoisotopic (exact) mass is 181 g/mol. The van der Waals surface area contributed by atoms with Crippen LogP contribution in [0.25, 0.3) is 0 Å². The topological polar surface area (TPSA) is 35.9 Å². The van der Waals surface area contributed by atoms with Gasteiger partial charge in [-0.2, -0.15) is 4.42 Å². The molecule has 1 amide bonds. The summed E-state index contributed by atoms with van der Waals surface area (Å²) < 4.78 is 4.18. The number of nitrogens with zero attached hydrogens (tertiary/aromatic N) is 3. The summed E-state index contributed by atoms with van der Waals surface area (Å²) in [5, 5.41) is 0. The van der Waals surface area contributed by atoms with Crippen LogP contribution in [0.5, 0.6) is 0 Å². The smallest absolute Gasteiger partial charge is 0.263 e. The second-order valence-electron chi connectivity index (χ2n) is 1.92. The van der Waals surface area contributed by atoms with E-state index in [0.717, 1.165) is 4.42 Å². The van der Waals surface area contributed by atoms with Gasteiger partial charge in [0.2, 0.25) is 5.96 Å². The van der Waals surface area contributed by atoms with E-state index < -0.39 is 0 Å². The third kappa shape index (κ3) is 1.04. The summed E-state index contributed by atoms with van der Waals surface area (Å²) in [5.74, 6) is 0.0527. The van der Waals surface area contributed by atoms with Gasteiger partial charge in [-0.1, -0.05) is 0 Å². The minimum absolute atomic E-state index is 0.219. The van der Waals surface area contributed by atoms with Crippen molar-refractivity contribution in [1.82, 2.24) is 9.32 Å². The minimum Gasteiger partial charge on any atom is -0.334 e. The lowest BCUT2D eigenvalue weighted by Crippen LogP contribution is -2.24. The van der Waals surface area contributed by atoms with E-state index in [9.17, 15) is 4.79 Å². The predicted octanol–water partition coefficient (Wildman–Crippen LogP) is 0.424. The van der Waals surface area contributed by atoms with Gasteiger partial charge in [-0.25, -0.2) is 0 Å². The van der Waals surface area contributed by atoms with Crippen LogP contribution in [0.2, 0.25) is 0 Å². The molecule has 0 bridgehead atoms. The van der Waals surface area contributed by atoms with Crippen molar-refractivity contribution in [2.45, 2.75) is 0 Å². The van der Waals surface area contributed by atoms with E-state index in [0.29, 0.717) is 0 Å². The SMILES string of the molecule is CN1CC(=O)N(Cl)/C1=N\Cl. The Morgan fingerprint density at radius 1 is 1.70 bits per heavy atom. The summed E-state index contributed by atoms with van der Waals surface area (Å²) in [4.78, 5) is 12.3. The number of amides is 1. The average Bonchev–Trinajstić information content (AvgIpc) is 2.09. The molecule has 0 aromatic rings. The maximum absolute atomic E-state index is 10.8. The van der Waals surface area contributed by atoms with Gasteiger partial charge in [-0.15, -0.1) is 4.51 Å². The molecule has 1 heterocycles. The molecule has 0 radical (unpaired) electrons. The highest BCUT2D eigenvalue weighted by atomic mass is 35.5. The van der Waals surface area contributed by atoms with Gasteiger partial charge < -0.3 is 4.90 Å². The molecule has 10 heavy (non-hydrogen) atoms. The van der Waals surface area contributed by atoms with Crippen molar-refractivity contribution in [3.8, 4) is 0 Å². The summed E-state index contributed by atoms with van der Waals surface area (Å²) in [6, 6.07) is 0. The molecule has 0 atom stereocenters. The Labute approximate surface area is 68.2 Å². The highest BCUT2D eigenvalue weighted by Crippen LogP contribution is 2.11. The fourth-order valence-electron chi connectivity index (χ4n) is 0.695. The molecule has 0 unspecified atom stereocenters. The van der Waals surface area contributed by atoms with Gasteiger partial charge in [0.15, 0.2) is 0 Å². The van der Waals surface area contributed by atoms with E-state index in [1.165, 1.54) is 0 Å². The van der Waals surface area contributed by atoms with Crippen LogP contribution in [-0.4, -0.2) is 34.8 Å². The van der Waals surface area contributed by atoms with Gasteiger partial charge in [0.25, 0.3) is 5.91 Å². The first-order valence-corrected chi connectivity index (χ1v) is 3.23. The van der Waals surface area contributed by atoms with Crippen molar-refractivity contribution < 1.29 is 4.79 Å². The second-order valence-corrected chi connectivity index (χ2v) is 2.42. The Kier molecular flexibility index (Phi) is 2.01.